The fourth-order valence-corrected chi connectivity index (χ4v) is 1.23. The van der Waals surface area contributed by atoms with Crippen LogP contribution in [0.4, 0.5) is 0 Å². The van der Waals surface area contributed by atoms with Gasteiger partial charge in [-0.1, -0.05) is 0 Å². The third-order valence-corrected chi connectivity index (χ3v) is 1.97. The zero-order valence-corrected chi connectivity index (χ0v) is 10.4. The van der Waals surface area contributed by atoms with E-state index < -0.39 is 17.9 Å². The first-order valence-electron chi connectivity index (χ1n) is 5.58. The van der Waals surface area contributed by atoms with Gasteiger partial charge in [-0.2, -0.15) is 0 Å². The first kappa shape index (κ1) is 17.3. The van der Waals surface area contributed by atoms with E-state index in [-0.39, 0.29) is 39.4 Å². The van der Waals surface area contributed by atoms with Crippen LogP contribution >= 0.6 is 0 Å². The van der Waals surface area contributed by atoms with Gasteiger partial charge in [-0.25, -0.2) is 0 Å². The summed E-state index contributed by atoms with van der Waals surface area (Å²) in [6.07, 6.45) is 0. The van der Waals surface area contributed by atoms with Crippen molar-refractivity contribution < 1.29 is 34.4 Å². The summed E-state index contributed by atoms with van der Waals surface area (Å²) in [5.74, 6) is -3.18. The zero-order chi connectivity index (χ0) is 14.7. The largest absolute Gasteiger partial charge is 0.480 e. The van der Waals surface area contributed by atoms with E-state index in [9.17, 15) is 14.4 Å². The Balaban J connectivity index is 3.65. The van der Waals surface area contributed by atoms with Crippen molar-refractivity contribution in [3.05, 3.63) is 0 Å². The number of carboxylic acids is 3. The number of nitrogens with zero attached hydrogens (tertiary/aromatic N) is 1. The average molecular weight is 278 g/mol. The number of hydrogen-bond acceptors (Lipinski definition) is 6. The third kappa shape index (κ3) is 12.5. The summed E-state index contributed by atoms with van der Waals surface area (Å²) in [6.45, 7) is 0.0750. The molecule has 0 aliphatic rings. The summed E-state index contributed by atoms with van der Waals surface area (Å²) >= 11 is 0. The predicted octanol–water partition coefficient (Wildman–Crippen LogP) is -1.85. The van der Waals surface area contributed by atoms with Crippen LogP contribution in [-0.2, 0) is 19.1 Å². The molecule has 9 nitrogen and oxygen atoms in total. The van der Waals surface area contributed by atoms with Crippen molar-refractivity contribution in [2.75, 3.05) is 45.9 Å². The number of hydrogen-bond donors (Lipinski definition) is 4. The van der Waals surface area contributed by atoms with Gasteiger partial charge in [0.2, 0.25) is 0 Å². The highest BCUT2D eigenvalue weighted by molar-refractivity contribution is 5.72. The minimum absolute atomic E-state index is 0.159. The van der Waals surface area contributed by atoms with E-state index in [0.717, 1.165) is 0 Å². The van der Waals surface area contributed by atoms with Crippen LogP contribution in [0.5, 0.6) is 0 Å². The van der Waals surface area contributed by atoms with Crippen molar-refractivity contribution in [2.45, 2.75) is 0 Å². The van der Waals surface area contributed by atoms with Gasteiger partial charge in [0, 0.05) is 13.1 Å². The van der Waals surface area contributed by atoms with Gasteiger partial charge in [-0.05, 0) is 0 Å². The van der Waals surface area contributed by atoms with E-state index >= 15 is 0 Å². The Kier molecular flexibility index (Phi) is 9.31. The fourth-order valence-electron chi connectivity index (χ4n) is 1.23. The average Bonchev–Trinajstić information content (AvgIpc) is 2.25. The Labute approximate surface area is 109 Å². The number of ether oxygens (including phenoxy) is 1. The Morgan fingerprint density at radius 1 is 0.947 bits per heavy atom. The smallest absolute Gasteiger partial charge is 0.317 e. The van der Waals surface area contributed by atoms with Gasteiger partial charge in [-0.15, -0.1) is 0 Å². The second-order valence-corrected chi connectivity index (χ2v) is 3.68. The molecule has 0 aliphatic carbocycles. The van der Waals surface area contributed by atoms with Crippen molar-refractivity contribution in [3.8, 4) is 0 Å². The Morgan fingerprint density at radius 3 is 2.00 bits per heavy atom. The highest BCUT2D eigenvalue weighted by atomic mass is 16.5. The lowest BCUT2D eigenvalue weighted by atomic mass is 10.4. The van der Waals surface area contributed by atoms with Gasteiger partial charge in [-0.3, -0.25) is 19.3 Å². The Bertz CT molecular complexity index is 292. The summed E-state index contributed by atoms with van der Waals surface area (Å²) in [4.78, 5) is 32.4. The highest BCUT2D eigenvalue weighted by Crippen LogP contribution is 1.89. The standard InChI is InChI=1S/C10H18N2O7/c13-8(14)5-11-1-3-19-4-2-12(6-9(15)16)7-10(17)18/h11H,1-7H2,(H,13,14)(H,15,16)(H,17,18). The summed E-state index contributed by atoms with van der Waals surface area (Å²) in [6, 6.07) is 0. The molecule has 0 saturated heterocycles. The van der Waals surface area contributed by atoms with E-state index in [4.69, 9.17) is 20.1 Å². The van der Waals surface area contributed by atoms with E-state index in [1.807, 2.05) is 0 Å². The van der Waals surface area contributed by atoms with Crippen molar-refractivity contribution in [1.29, 1.82) is 0 Å². The molecule has 0 fully saturated rings. The molecular weight excluding hydrogens is 260 g/mol. The van der Waals surface area contributed by atoms with Crippen LogP contribution in [0.15, 0.2) is 0 Å². The molecule has 0 spiro atoms. The molecule has 0 bridgehead atoms. The van der Waals surface area contributed by atoms with Gasteiger partial charge in [0.1, 0.15) is 0 Å². The first-order chi connectivity index (χ1) is 8.91. The molecule has 0 unspecified atom stereocenters. The van der Waals surface area contributed by atoms with Crippen molar-refractivity contribution in [3.63, 3.8) is 0 Å². The molecular formula is C10H18N2O7. The molecule has 4 N–H and O–H groups in total. The number of carboxylic acid groups (broad SMARTS) is 3. The minimum Gasteiger partial charge on any atom is -0.480 e. The monoisotopic (exact) mass is 278 g/mol. The molecule has 0 atom stereocenters. The van der Waals surface area contributed by atoms with Crippen LogP contribution < -0.4 is 5.32 Å². The number of rotatable bonds is 12. The van der Waals surface area contributed by atoms with E-state index in [1.54, 1.807) is 0 Å². The normalized spacial score (nSPS) is 10.6. The second-order valence-electron chi connectivity index (χ2n) is 3.68. The minimum atomic E-state index is -1.11. The molecule has 9 heteroatoms. The van der Waals surface area contributed by atoms with Gasteiger partial charge >= 0.3 is 17.9 Å². The van der Waals surface area contributed by atoms with Crippen LogP contribution in [-0.4, -0.2) is 84.1 Å². The van der Waals surface area contributed by atoms with Crippen LogP contribution in [0.1, 0.15) is 0 Å². The van der Waals surface area contributed by atoms with Crippen LogP contribution in [0.2, 0.25) is 0 Å². The molecule has 19 heavy (non-hydrogen) atoms. The molecule has 0 heterocycles. The summed E-state index contributed by atoms with van der Waals surface area (Å²) in [5, 5.41) is 28.1. The lowest BCUT2D eigenvalue weighted by Gasteiger charge is -2.17. The number of carbonyl (C=O) groups is 3. The van der Waals surface area contributed by atoms with Gasteiger partial charge in [0.25, 0.3) is 0 Å². The predicted molar refractivity (Wildman–Crippen MR) is 63.0 cm³/mol. The van der Waals surface area contributed by atoms with E-state index in [1.165, 1.54) is 4.90 Å². The Hall–Kier alpha value is -1.71. The Morgan fingerprint density at radius 2 is 1.53 bits per heavy atom. The lowest BCUT2D eigenvalue weighted by Crippen LogP contribution is -2.37. The molecule has 0 aromatic heterocycles. The van der Waals surface area contributed by atoms with E-state index in [2.05, 4.69) is 5.32 Å². The third-order valence-electron chi connectivity index (χ3n) is 1.97. The van der Waals surface area contributed by atoms with Gasteiger partial charge in [0.15, 0.2) is 0 Å². The van der Waals surface area contributed by atoms with Crippen molar-refractivity contribution >= 4 is 17.9 Å². The molecule has 0 aliphatic heterocycles. The fraction of sp³-hybridized carbons (Fsp3) is 0.700. The summed E-state index contributed by atoms with van der Waals surface area (Å²) in [7, 11) is 0. The second kappa shape index (κ2) is 10.2. The summed E-state index contributed by atoms with van der Waals surface area (Å²) in [5.41, 5.74) is 0. The van der Waals surface area contributed by atoms with Gasteiger partial charge < -0.3 is 25.4 Å². The van der Waals surface area contributed by atoms with Crippen LogP contribution in [0.3, 0.4) is 0 Å². The lowest BCUT2D eigenvalue weighted by molar-refractivity contribution is -0.142. The van der Waals surface area contributed by atoms with E-state index in [0.29, 0.717) is 6.54 Å². The molecule has 0 rings (SSSR count). The highest BCUT2D eigenvalue weighted by Gasteiger charge is 2.12. The number of aliphatic carboxylic acids is 3. The molecule has 0 aromatic carbocycles. The van der Waals surface area contributed by atoms with Crippen LogP contribution in [0, 0.1) is 0 Å². The SMILES string of the molecule is O=C(O)CNCCOCCN(CC(=O)O)CC(=O)O. The maximum absolute atomic E-state index is 10.5. The summed E-state index contributed by atoms with van der Waals surface area (Å²) < 4.78 is 5.13. The van der Waals surface area contributed by atoms with Gasteiger partial charge in [0.05, 0.1) is 32.8 Å². The molecule has 0 radical (unpaired) electrons. The van der Waals surface area contributed by atoms with Crippen molar-refractivity contribution in [1.82, 2.24) is 10.2 Å². The first-order valence-corrected chi connectivity index (χ1v) is 5.58. The molecule has 0 amide bonds. The maximum Gasteiger partial charge on any atom is 0.317 e. The molecule has 110 valence electrons. The van der Waals surface area contributed by atoms with Crippen LogP contribution in [0.25, 0.3) is 0 Å². The molecule has 0 saturated carbocycles. The topological polar surface area (TPSA) is 136 Å². The molecule has 0 aromatic rings. The quantitative estimate of drug-likeness (QED) is 0.303. The zero-order valence-electron chi connectivity index (χ0n) is 10.4. The maximum atomic E-state index is 10.5. The number of nitrogens with one attached hydrogen (secondary N) is 1. The van der Waals surface area contributed by atoms with Crippen molar-refractivity contribution in [2.24, 2.45) is 0 Å².